The third-order valence-corrected chi connectivity index (χ3v) is 16.9. The van der Waals surface area contributed by atoms with E-state index in [1.54, 1.807) is 0 Å². The van der Waals surface area contributed by atoms with E-state index in [4.69, 9.17) is 12.3 Å². The molecule has 8 heteroatoms. The molecule has 0 aliphatic rings. The maximum absolute atomic E-state index is 6.73. The third-order valence-electron chi connectivity index (χ3n) is 3.17. The van der Waals surface area contributed by atoms with Gasteiger partial charge < -0.3 is 17.7 Å². The van der Waals surface area contributed by atoms with Crippen molar-refractivity contribution in [1.29, 1.82) is 0 Å². The Morgan fingerprint density at radius 1 is 0.792 bits per heavy atom. The molecule has 0 radical (unpaired) electrons. The Bertz CT molecular complexity index is 369. The van der Waals surface area contributed by atoms with Crippen molar-refractivity contribution in [2.45, 2.75) is 85.2 Å². The van der Waals surface area contributed by atoms with Gasteiger partial charge in [0, 0.05) is 0 Å². The molecule has 0 rings (SSSR count). The number of nitrogens with one attached hydrogen (secondary N) is 1. The maximum atomic E-state index is 6.73. The van der Waals surface area contributed by atoms with Gasteiger partial charge in [-0.3, -0.25) is 0 Å². The summed E-state index contributed by atoms with van der Waals surface area (Å²) in [5.41, 5.74) is 0. The second-order valence-electron chi connectivity index (χ2n) is 9.58. The fourth-order valence-electron chi connectivity index (χ4n) is 3.26. The Morgan fingerprint density at radius 3 is 1.71 bits per heavy atom. The Hall–Kier alpha value is 0.708. The first-order valence-electron chi connectivity index (χ1n) is 9.39. The van der Waals surface area contributed by atoms with Gasteiger partial charge in [0.25, 0.3) is 0 Å². The monoisotopic (exact) mass is 409 g/mol. The molecule has 0 aromatic heterocycles. The summed E-state index contributed by atoms with van der Waals surface area (Å²) in [7, 11) is -7.72. The van der Waals surface area contributed by atoms with E-state index in [1.807, 2.05) is 0 Å². The SMILES string of the molecule is CCCNCC(C)C[Si](C)(O[Si](C)(C)C)O[Si](C)(C)O[Si](C)(C)C. The lowest BCUT2D eigenvalue weighted by Crippen LogP contribution is -2.57. The lowest BCUT2D eigenvalue weighted by molar-refractivity contribution is 0.315. The van der Waals surface area contributed by atoms with Crippen LogP contribution in [0.3, 0.4) is 0 Å². The molecule has 2 unspecified atom stereocenters. The quantitative estimate of drug-likeness (QED) is 0.359. The minimum atomic E-state index is -2.26. The van der Waals surface area contributed by atoms with Crippen molar-refractivity contribution < 1.29 is 12.3 Å². The van der Waals surface area contributed by atoms with E-state index in [9.17, 15) is 0 Å². The Balaban J connectivity index is 5.06. The first kappa shape index (κ1) is 24.7. The van der Waals surface area contributed by atoms with Crippen LogP contribution in [0, 0.1) is 5.92 Å². The summed E-state index contributed by atoms with van der Waals surface area (Å²) in [6.45, 7) is 26.7. The molecule has 0 spiro atoms. The summed E-state index contributed by atoms with van der Waals surface area (Å²) in [4.78, 5) is 0. The Morgan fingerprint density at radius 2 is 1.29 bits per heavy atom. The van der Waals surface area contributed by atoms with Crippen molar-refractivity contribution in [3.63, 3.8) is 0 Å². The van der Waals surface area contributed by atoms with Gasteiger partial charge in [0.15, 0.2) is 16.6 Å². The normalized spacial score (nSPS) is 17.6. The number of rotatable bonds is 12. The molecule has 0 saturated heterocycles. The summed E-state index contributed by atoms with van der Waals surface area (Å²) < 4.78 is 19.8. The second kappa shape index (κ2) is 9.59. The van der Waals surface area contributed by atoms with E-state index in [1.165, 1.54) is 6.42 Å². The molecule has 2 atom stereocenters. The van der Waals surface area contributed by atoms with Gasteiger partial charge in [0.2, 0.25) is 0 Å². The van der Waals surface area contributed by atoms with E-state index in [2.05, 4.69) is 78.1 Å². The van der Waals surface area contributed by atoms with Crippen molar-refractivity contribution in [1.82, 2.24) is 5.32 Å². The van der Waals surface area contributed by atoms with E-state index in [0.29, 0.717) is 5.92 Å². The fourth-order valence-corrected chi connectivity index (χ4v) is 21.7. The van der Waals surface area contributed by atoms with Gasteiger partial charge in [0.1, 0.15) is 0 Å². The molecule has 0 aromatic rings. The maximum Gasteiger partial charge on any atom is 0.316 e. The zero-order chi connectivity index (χ0) is 19.2. The summed E-state index contributed by atoms with van der Waals surface area (Å²) in [6, 6.07) is 1.03. The van der Waals surface area contributed by atoms with Crippen molar-refractivity contribution in [2.75, 3.05) is 13.1 Å². The van der Waals surface area contributed by atoms with Crippen molar-refractivity contribution in [3.05, 3.63) is 0 Å². The molecular formula is C16H43NO3Si4. The number of hydrogen-bond acceptors (Lipinski definition) is 4. The molecule has 0 amide bonds. The molecule has 0 aliphatic heterocycles. The topological polar surface area (TPSA) is 39.7 Å². The highest BCUT2D eigenvalue weighted by molar-refractivity contribution is 6.89. The van der Waals surface area contributed by atoms with Gasteiger partial charge in [-0.15, -0.1) is 0 Å². The van der Waals surface area contributed by atoms with Crippen LogP contribution >= 0.6 is 0 Å². The standard InChI is InChI=1S/C16H43NO3Si4/c1-12-13-17-14-16(2)15-24(11,19-22(6,7)8)20-23(9,10)18-21(3,4)5/h16-17H,12-15H2,1-11H3. The number of hydrogen-bond donors (Lipinski definition) is 1. The molecule has 0 saturated carbocycles. The van der Waals surface area contributed by atoms with Crippen LogP contribution in [0.5, 0.6) is 0 Å². The molecule has 24 heavy (non-hydrogen) atoms. The molecule has 146 valence electrons. The third kappa shape index (κ3) is 13.0. The Labute approximate surface area is 155 Å². The van der Waals surface area contributed by atoms with Gasteiger partial charge in [-0.1, -0.05) is 13.8 Å². The van der Waals surface area contributed by atoms with Gasteiger partial charge in [0.05, 0.1) is 0 Å². The summed E-state index contributed by atoms with van der Waals surface area (Å²) in [6.07, 6.45) is 1.17. The summed E-state index contributed by atoms with van der Waals surface area (Å²) in [5.74, 6) is 0.557. The highest BCUT2D eigenvalue weighted by atomic mass is 28.5. The van der Waals surface area contributed by atoms with E-state index < -0.39 is 33.8 Å². The van der Waals surface area contributed by atoms with Crippen LogP contribution in [0.1, 0.15) is 20.3 Å². The van der Waals surface area contributed by atoms with Gasteiger partial charge in [-0.2, -0.15) is 0 Å². The highest BCUT2D eigenvalue weighted by Crippen LogP contribution is 2.29. The van der Waals surface area contributed by atoms with Crippen LogP contribution in [0.25, 0.3) is 0 Å². The minimum Gasteiger partial charge on any atom is -0.437 e. The smallest absolute Gasteiger partial charge is 0.316 e. The van der Waals surface area contributed by atoms with Crippen LogP contribution in [-0.4, -0.2) is 46.8 Å². The molecule has 1 N–H and O–H groups in total. The minimum absolute atomic E-state index is 0.557. The zero-order valence-electron chi connectivity index (χ0n) is 18.1. The van der Waals surface area contributed by atoms with Crippen LogP contribution in [0.4, 0.5) is 0 Å². The predicted molar refractivity (Wildman–Crippen MR) is 116 cm³/mol. The van der Waals surface area contributed by atoms with Crippen LogP contribution < -0.4 is 5.32 Å². The van der Waals surface area contributed by atoms with Crippen molar-refractivity contribution >= 4 is 33.8 Å². The van der Waals surface area contributed by atoms with Gasteiger partial charge >= 0.3 is 17.1 Å². The van der Waals surface area contributed by atoms with Crippen molar-refractivity contribution in [3.8, 4) is 0 Å². The summed E-state index contributed by atoms with van der Waals surface area (Å²) >= 11 is 0. The molecular weight excluding hydrogens is 367 g/mol. The first-order chi connectivity index (χ1) is 10.6. The molecule has 0 aromatic carbocycles. The van der Waals surface area contributed by atoms with Gasteiger partial charge in [-0.05, 0) is 90.4 Å². The fraction of sp³-hybridized carbons (Fsp3) is 1.00. The lowest BCUT2D eigenvalue weighted by atomic mass is 10.2. The largest absolute Gasteiger partial charge is 0.437 e. The lowest BCUT2D eigenvalue weighted by Gasteiger charge is -2.42. The van der Waals surface area contributed by atoms with E-state index >= 15 is 0 Å². The molecule has 0 aliphatic carbocycles. The predicted octanol–water partition coefficient (Wildman–Crippen LogP) is 5.12. The molecule has 0 heterocycles. The van der Waals surface area contributed by atoms with E-state index in [0.717, 1.165) is 19.1 Å². The van der Waals surface area contributed by atoms with Gasteiger partial charge in [-0.25, -0.2) is 0 Å². The zero-order valence-corrected chi connectivity index (χ0v) is 22.1. The molecule has 4 nitrogen and oxygen atoms in total. The van der Waals surface area contributed by atoms with Crippen LogP contribution in [0.2, 0.25) is 65.0 Å². The Kier molecular flexibility index (Phi) is 9.87. The van der Waals surface area contributed by atoms with Crippen LogP contribution in [-0.2, 0) is 12.3 Å². The molecule has 0 fully saturated rings. The summed E-state index contributed by atoms with van der Waals surface area (Å²) in [5, 5.41) is 3.53. The highest BCUT2D eigenvalue weighted by Gasteiger charge is 2.45. The first-order valence-corrected chi connectivity index (χ1v) is 21.5. The average Bonchev–Trinajstić information content (AvgIpc) is 2.20. The molecule has 0 bridgehead atoms. The van der Waals surface area contributed by atoms with Crippen molar-refractivity contribution in [2.24, 2.45) is 5.92 Å². The van der Waals surface area contributed by atoms with Crippen LogP contribution in [0.15, 0.2) is 0 Å². The van der Waals surface area contributed by atoms with E-state index in [-0.39, 0.29) is 0 Å². The second-order valence-corrected chi connectivity index (χ2v) is 26.0. The average molecular weight is 410 g/mol.